The summed E-state index contributed by atoms with van der Waals surface area (Å²) in [6, 6.07) is 1.77. The first-order valence-corrected chi connectivity index (χ1v) is 7.54. The van der Waals surface area contributed by atoms with E-state index in [1.165, 1.54) is 0 Å². The molecule has 0 spiro atoms. The molecule has 1 aliphatic heterocycles. The summed E-state index contributed by atoms with van der Waals surface area (Å²) in [5.41, 5.74) is 0. The molecule has 1 saturated heterocycles. The summed E-state index contributed by atoms with van der Waals surface area (Å²) in [4.78, 5) is 27.2. The number of ether oxygens (including phenoxy) is 1. The van der Waals surface area contributed by atoms with Crippen molar-refractivity contribution >= 4 is 17.9 Å². The van der Waals surface area contributed by atoms with Gasteiger partial charge in [-0.25, -0.2) is 14.3 Å². The van der Waals surface area contributed by atoms with Crippen molar-refractivity contribution in [3.63, 3.8) is 0 Å². The van der Waals surface area contributed by atoms with Crippen LogP contribution in [0.3, 0.4) is 0 Å². The highest BCUT2D eigenvalue weighted by molar-refractivity contribution is 5.88. The molecule has 3 amide bonds. The highest BCUT2D eigenvalue weighted by atomic mass is 16.6. The van der Waals surface area contributed by atoms with Crippen LogP contribution in [0.4, 0.5) is 15.4 Å². The van der Waals surface area contributed by atoms with Gasteiger partial charge in [0.2, 0.25) is 0 Å². The quantitative estimate of drug-likeness (QED) is 0.923. The van der Waals surface area contributed by atoms with E-state index in [1.807, 2.05) is 13.8 Å². The number of urea groups is 1. The number of hydrogen-bond donors (Lipinski definition) is 1. The minimum absolute atomic E-state index is 0.172. The Morgan fingerprint density at radius 1 is 1.27 bits per heavy atom. The van der Waals surface area contributed by atoms with Crippen LogP contribution in [0.2, 0.25) is 0 Å². The zero-order valence-corrected chi connectivity index (χ0v) is 13.3. The van der Waals surface area contributed by atoms with E-state index in [-0.39, 0.29) is 18.2 Å². The fourth-order valence-electron chi connectivity index (χ4n) is 2.32. The van der Waals surface area contributed by atoms with Crippen molar-refractivity contribution in [2.45, 2.75) is 26.8 Å². The number of nitrogens with zero attached hydrogens (tertiary/aromatic N) is 4. The molecule has 0 radical (unpaired) electrons. The van der Waals surface area contributed by atoms with Crippen LogP contribution in [0.25, 0.3) is 0 Å². The topological polar surface area (TPSA) is 79.7 Å². The van der Waals surface area contributed by atoms with Crippen LogP contribution in [-0.2, 0) is 4.74 Å². The number of amides is 3. The van der Waals surface area contributed by atoms with Crippen LogP contribution in [-0.4, -0.2) is 64.5 Å². The van der Waals surface area contributed by atoms with Crippen LogP contribution in [0, 0.1) is 0 Å². The minimum Gasteiger partial charge on any atom is -0.450 e. The van der Waals surface area contributed by atoms with Gasteiger partial charge in [0.05, 0.1) is 12.8 Å². The molecule has 1 N–H and O–H groups in total. The summed E-state index contributed by atoms with van der Waals surface area (Å²) in [6.07, 6.45) is 1.34. The van der Waals surface area contributed by atoms with Crippen molar-refractivity contribution in [3.8, 4) is 0 Å². The van der Waals surface area contributed by atoms with Gasteiger partial charge < -0.3 is 14.5 Å². The lowest BCUT2D eigenvalue weighted by Crippen LogP contribution is -2.51. The Balaban J connectivity index is 1.87. The van der Waals surface area contributed by atoms with E-state index in [9.17, 15) is 9.59 Å². The molecule has 22 heavy (non-hydrogen) atoms. The lowest BCUT2D eigenvalue weighted by Gasteiger charge is -2.34. The molecule has 0 bridgehead atoms. The normalized spacial score (nSPS) is 15.1. The molecule has 0 aliphatic carbocycles. The van der Waals surface area contributed by atoms with Gasteiger partial charge in [-0.05, 0) is 20.8 Å². The van der Waals surface area contributed by atoms with Crippen LogP contribution < -0.4 is 5.32 Å². The van der Waals surface area contributed by atoms with E-state index < -0.39 is 0 Å². The van der Waals surface area contributed by atoms with Crippen LogP contribution >= 0.6 is 0 Å². The second-order valence-electron chi connectivity index (χ2n) is 5.36. The highest BCUT2D eigenvalue weighted by Crippen LogP contribution is 2.14. The Labute approximate surface area is 130 Å². The van der Waals surface area contributed by atoms with Crippen molar-refractivity contribution in [3.05, 3.63) is 12.3 Å². The number of aromatic nitrogens is 2. The number of rotatable bonds is 3. The first-order valence-electron chi connectivity index (χ1n) is 7.54. The summed E-state index contributed by atoms with van der Waals surface area (Å²) < 4.78 is 6.72. The molecule has 0 saturated carbocycles. The molecule has 1 aromatic heterocycles. The molecule has 8 heteroatoms. The molecular formula is C14H23N5O3. The lowest BCUT2D eigenvalue weighted by atomic mass is 10.3. The number of carbonyl (C=O) groups excluding carboxylic acids is 2. The zero-order chi connectivity index (χ0) is 16.1. The third kappa shape index (κ3) is 3.69. The molecule has 8 nitrogen and oxygen atoms in total. The van der Waals surface area contributed by atoms with Crippen molar-refractivity contribution in [2.75, 3.05) is 38.1 Å². The Kier molecular flexibility index (Phi) is 5.24. The van der Waals surface area contributed by atoms with E-state index in [0.29, 0.717) is 38.6 Å². The minimum atomic E-state index is -0.319. The molecule has 1 fully saturated rings. The zero-order valence-electron chi connectivity index (χ0n) is 13.3. The Bertz CT molecular complexity index is 520. The lowest BCUT2D eigenvalue weighted by molar-refractivity contribution is 0.0868. The SMILES string of the molecule is CCOC(=O)N1CCN(C(=O)Nc2ccnn2C(C)C)CC1. The Hall–Kier alpha value is -2.25. The summed E-state index contributed by atoms with van der Waals surface area (Å²) in [5.74, 6) is 0.674. The fourth-order valence-corrected chi connectivity index (χ4v) is 2.32. The molecular weight excluding hydrogens is 286 g/mol. The molecule has 0 aromatic carbocycles. The molecule has 0 unspecified atom stereocenters. The largest absolute Gasteiger partial charge is 0.450 e. The van der Waals surface area contributed by atoms with Gasteiger partial charge in [0.1, 0.15) is 5.82 Å². The Morgan fingerprint density at radius 2 is 1.91 bits per heavy atom. The van der Waals surface area contributed by atoms with E-state index in [0.717, 1.165) is 0 Å². The number of piperazine rings is 1. The van der Waals surface area contributed by atoms with E-state index in [2.05, 4.69) is 10.4 Å². The standard InChI is InChI=1S/C14H23N5O3/c1-4-22-14(21)18-9-7-17(8-10-18)13(20)16-12-5-6-15-19(12)11(2)3/h5-6,11H,4,7-10H2,1-3H3,(H,16,20). The van der Waals surface area contributed by atoms with Crippen LogP contribution in [0.15, 0.2) is 12.3 Å². The summed E-state index contributed by atoms with van der Waals surface area (Å²) in [5, 5.41) is 7.05. The van der Waals surface area contributed by atoms with Crippen molar-refractivity contribution < 1.29 is 14.3 Å². The summed E-state index contributed by atoms with van der Waals surface area (Å²) in [6.45, 7) is 8.08. The maximum Gasteiger partial charge on any atom is 0.409 e. The maximum atomic E-state index is 12.3. The summed E-state index contributed by atoms with van der Waals surface area (Å²) >= 11 is 0. The van der Waals surface area contributed by atoms with Crippen molar-refractivity contribution in [1.82, 2.24) is 19.6 Å². The second-order valence-corrected chi connectivity index (χ2v) is 5.36. The molecule has 122 valence electrons. The molecule has 2 rings (SSSR count). The number of anilines is 1. The van der Waals surface area contributed by atoms with Gasteiger partial charge >= 0.3 is 12.1 Å². The molecule has 0 atom stereocenters. The van der Waals surface area contributed by atoms with Gasteiger partial charge in [0.15, 0.2) is 0 Å². The van der Waals surface area contributed by atoms with Gasteiger partial charge in [-0.15, -0.1) is 0 Å². The fraction of sp³-hybridized carbons (Fsp3) is 0.643. The summed E-state index contributed by atoms with van der Waals surface area (Å²) in [7, 11) is 0. The maximum absolute atomic E-state index is 12.3. The van der Waals surface area contributed by atoms with E-state index in [1.54, 1.807) is 33.7 Å². The predicted octanol–water partition coefficient (Wildman–Crippen LogP) is 1.77. The van der Waals surface area contributed by atoms with Gasteiger partial charge in [-0.1, -0.05) is 0 Å². The average Bonchev–Trinajstić information content (AvgIpc) is 2.96. The van der Waals surface area contributed by atoms with Crippen LogP contribution in [0.1, 0.15) is 26.8 Å². The molecule has 1 aliphatic rings. The molecule has 1 aromatic rings. The van der Waals surface area contributed by atoms with Gasteiger partial charge in [-0.3, -0.25) is 5.32 Å². The van der Waals surface area contributed by atoms with Gasteiger partial charge in [0, 0.05) is 38.3 Å². The number of carbonyl (C=O) groups is 2. The highest BCUT2D eigenvalue weighted by Gasteiger charge is 2.25. The first-order chi connectivity index (χ1) is 10.5. The second kappa shape index (κ2) is 7.15. The number of nitrogens with one attached hydrogen (secondary N) is 1. The van der Waals surface area contributed by atoms with Gasteiger partial charge in [-0.2, -0.15) is 5.10 Å². The monoisotopic (exact) mass is 309 g/mol. The van der Waals surface area contributed by atoms with E-state index >= 15 is 0 Å². The average molecular weight is 309 g/mol. The number of hydrogen-bond acceptors (Lipinski definition) is 4. The third-order valence-electron chi connectivity index (χ3n) is 3.49. The Morgan fingerprint density at radius 3 is 2.50 bits per heavy atom. The van der Waals surface area contributed by atoms with Gasteiger partial charge in [0.25, 0.3) is 0 Å². The smallest absolute Gasteiger partial charge is 0.409 e. The molecule has 2 heterocycles. The van der Waals surface area contributed by atoms with Crippen molar-refractivity contribution in [1.29, 1.82) is 0 Å². The van der Waals surface area contributed by atoms with Crippen LogP contribution in [0.5, 0.6) is 0 Å². The third-order valence-corrected chi connectivity index (χ3v) is 3.49. The van der Waals surface area contributed by atoms with E-state index in [4.69, 9.17) is 4.74 Å². The van der Waals surface area contributed by atoms with Crippen molar-refractivity contribution in [2.24, 2.45) is 0 Å². The predicted molar refractivity (Wildman–Crippen MR) is 81.8 cm³/mol. The first kappa shape index (κ1) is 16.1.